The number of hydrogen-bond donors (Lipinski definition) is 2. The zero-order valence-electron chi connectivity index (χ0n) is 15.7. The van der Waals surface area contributed by atoms with Gasteiger partial charge in [-0.25, -0.2) is 0 Å². The van der Waals surface area contributed by atoms with Gasteiger partial charge < -0.3 is 15.1 Å². The predicted molar refractivity (Wildman–Crippen MR) is 109 cm³/mol. The Kier molecular flexibility index (Phi) is 3.96. The summed E-state index contributed by atoms with van der Waals surface area (Å²) in [5.41, 5.74) is 8.62. The molecule has 2 aromatic rings. The Labute approximate surface area is 159 Å². The lowest BCUT2D eigenvalue weighted by molar-refractivity contribution is 0.365. The van der Waals surface area contributed by atoms with Crippen LogP contribution in [0.5, 0.6) is 5.75 Å². The molecule has 0 aromatic heterocycles. The molecule has 1 atom stereocenters. The van der Waals surface area contributed by atoms with Crippen LogP contribution in [0.3, 0.4) is 0 Å². The van der Waals surface area contributed by atoms with Gasteiger partial charge in [-0.1, -0.05) is 31.4 Å². The van der Waals surface area contributed by atoms with E-state index in [1.807, 2.05) is 24.4 Å². The summed E-state index contributed by atoms with van der Waals surface area (Å²) >= 11 is 0. The van der Waals surface area contributed by atoms with E-state index in [4.69, 9.17) is 0 Å². The van der Waals surface area contributed by atoms with Crippen LogP contribution >= 0.6 is 0 Å². The number of aryl methyl sites for hydroxylation is 2. The van der Waals surface area contributed by atoms with Crippen molar-refractivity contribution >= 4 is 5.70 Å². The van der Waals surface area contributed by atoms with Gasteiger partial charge in [-0.05, 0) is 72.4 Å². The second-order valence-electron chi connectivity index (χ2n) is 7.36. The monoisotopic (exact) mass is 357 g/mol. The van der Waals surface area contributed by atoms with Gasteiger partial charge in [-0.3, -0.25) is 0 Å². The number of aromatic hydroxyl groups is 1. The number of rotatable bonds is 2. The molecule has 0 aliphatic carbocycles. The van der Waals surface area contributed by atoms with Crippen LogP contribution < -0.4 is 0 Å². The average molecular weight is 357 g/mol. The standard InChI is InChI=1S/C24H23NO2/c1-14-9-19-12-23(18-5-7-20(27)8-6-18)25-13-22(17(4)26)16(3)11-24(25)21(19)10-15(14)2/h5-11,13,23,26-27H,3-4,12H2,1-2H3. The fourth-order valence-electron chi connectivity index (χ4n) is 3.91. The first-order valence-corrected chi connectivity index (χ1v) is 9.04. The van der Waals surface area contributed by atoms with Crippen LogP contribution in [0, 0.1) is 13.8 Å². The highest BCUT2D eigenvalue weighted by molar-refractivity contribution is 5.77. The van der Waals surface area contributed by atoms with Gasteiger partial charge in [-0.15, -0.1) is 0 Å². The highest BCUT2D eigenvalue weighted by atomic mass is 16.3. The fraction of sp³-hybridized carbons (Fsp3) is 0.167. The molecule has 2 N–H and O–H groups in total. The van der Waals surface area contributed by atoms with Crippen molar-refractivity contribution in [3.8, 4) is 5.75 Å². The maximum Gasteiger partial charge on any atom is 0.117 e. The summed E-state index contributed by atoms with van der Waals surface area (Å²) < 4.78 is 0. The van der Waals surface area contributed by atoms with Gasteiger partial charge in [0.25, 0.3) is 0 Å². The molecule has 2 heterocycles. The van der Waals surface area contributed by atoms with Gasteiger partial charge in [0.1, 0.15) is 11.5 Å². The largest absolute Gasteiger partial charge is 0.508 e. The smallest absolute Gasteiger partial charge is 0.117 e. The Morgan fingerprint density at radius 2 is 1.78 bits per heavy atom. The molecule has 2 aliphatic rings. The minimum atomic E-state index is 0.0191. The van der Waals surface area contributed by atoms with Crippen LogP contribution in [0.2, 0.25) is 0 Å². The molecule has 2 aromatic carbocycles. The Balaban J connectivity index is 1.91. The summed E-state index contributed by atoms with van der Waals surface area (Å²) in [5.74, 6) is 0.273. The molecule has 0 saturated carbocycles. The van der Waals surface area contributed by atoms with Crippen molar-refractivity contribution in [2.75, 3.05) is 0 Å². The Bertz CT molecular complexity index is 1030. The van der Waals surface area contributed by atoms with Crippen molar-refractivity contribution in [3.05, 3.63) is 107 Å². The number of phenols is 1. The summed E-state index contributed by atoms with van der Waals surface area (Å²) in [6, 6.07) is 11.9. The van der Waals surface area contributed by atoms with Crippen molar-refractivity contribution in [2.24, 2.45) is 0 Å². The van der Waals surface area contributed by atoms with Crippen LogP contribution in [0.25, 0.3) is 5.70 Å². The summed E-state index contributed by atoms with van der Waals surface area (Å²) in [7, 11) is 0. The number of hydrogen-bond acceptors (Lipinski definition) is 3. The Hall–Kier alpha value is -3.20. The molecule has 0 bridgehead atoms. The second-order valence-corrected chi connectivity index (χ2v) is 7.36. The number of benzene rings is 2. The molecule has 136 valence electrons. The minimum absolute atomic E-state index is 0.0191. The summed E-state index contributed by atoms with van der Waals surface area (Å²) in [6.45, 7) is 12.1. The zero-order valence-corrected chi connectivity index (χ0v) is 15.7. The van der Waals surface area contributed by atoms with E-state index in [0.29, 0.717) is 5.57 Å². The first-order chi connectivity index (χ1) is 12.8. The lowest BCUT2D eigenvalue weighted by Crippen LogP contribution is -2.31. The van der Waals surface area contributed by atoms with Gasteiger partial charge in [-0.2, -0.15) is 0 Å². The number of allylic oxidation sites excluding steroid dienone is 2. The van der Waals surface area contributed by atoms with Crippen LogP contribution in [0.4, 0.5) is 0 Å². The third-order valence-corrected chi connectivity index (χ3v) is 5.54. The quantitative estimate of drug-likeness (QED) is 0.700. The molecule has 0 spiro atoms. The molecule has 0 amide bonds. The highest BCUT2D eigenvalue weighted by Gasteiger charge is 2.33. The first kappa shape index (κ1) is 17.2. The molecule has 0 fully saturated rings. The molecule has 2 aliphatic heterocycles. The molecule has 0 radical (unpaired) electrons. The maximum absolute atomic E-state index is 9.99. The summed E-state index contributed by atoms with van der Waals surface area (Å²) in [4.78, 5) is 2.19. The maximum atomic E-state index is 9.99. The molecule has 1 unspecified atom stereocenters. The topological polar surface area (TPSA) is 43.7 Å². The van der Waals surface area contributed by atoms with Gasteiger partial charge in [0.2, 0.25) is 0 Å². The number of aliphatic hydroxyl groups excluding tert-OH is 1. The van der Waals surface area contributed by atoms with Gasteiger partial charge in [0.15, 0.2) is 0 Å². The lowest BCUT2D eigenvalue weighted by Gasteiger charge is -2.41. The molecule has 4 rings (SSSR count). The first-order valence-electron chi connectivity index (χ1n) is 9.04. The molecule has 0 saturated heterocycles. The highest BCUT2D eigenvalue weighted by Crippen LogP contribution is 2.45. The third-order valence-electron chi connectivity index (χ3n) is 5.54. The summed E-state index contributed by atoms with van der Waals surface area (Å²) in [5, 5.41) is 19.7. The fourth-order valence-corrected chi connectivity index (χ4v) is 3.91. The van der Waals surface area contributed by atoms with E-state index in [9.17, 15) is 10.2 Å². The minimum Gasteiger partial charge on any atom is -0.508 e. The van der Waals surface area contributed by atoms with Crippen molar-refractivity contribution in [2.45, 2.75) is 26.3 Å². The van der Waals surface area contributed by atoms with E-state index >= 15 is 0 Å². The number of aliphatic hydroxyl groups is 1. The van der Waals surface area contributed by atoms with E-state index < -0.39 is 0 Å². The molecule has 27 heavy (non-hydrogen) atoms. The number of nitrogens with zero attached hydrogens (tertiary/aromatic N) is 1. The van der Waals surface area contributed by atoms with Gasteiger partial charge in [0, 0.05) is 23.0 Å². The van der Waals surface area contributed by atoms with Gasteiger partial charge >= 0.3 is 0 Å². The van der Waals surface area contributed by atoms with E-state index in [1.54, 1.807) is 12.1 Å². The van der Waals surface area contributed by atoms with Crippen molar-refractivity contribution in [1.82, 2.24) is 4.90 Å². The average Bonchev–Trinajstić information content (AvgIpc) is 2.62. The second kappa shape index (κ2) is 6.20. The molecular weight excluding hydrogens is 334 g/mol. The molecule has 3 heteroatoms. The Morgan fingerprint density at radius 3 is 2.44 bits per heavy atom. The van der Waals surface area contributed by atoms with Crippen molar-refractivity contribution < 1.29 is 10.2 Å². The zero-order chi connectivity index (χ0) is 19.3. The van der Waals surface area contributed by atoms with Crippen LogP contribution in [-0.2, 0) is 6.42 Å². The number of fused-ring (bicyclic) bond motifs is 3. The number of phenolic OH excluding ortho intramolecular Hbond substituents is 1. The van der Waals surface area contributed by atoms with Crippen LogP contribution in [0.15, 0.2) is 78.7 Å². The van der Waals surface area contributed by atoms with E-state index in [1.165, 1.54) is 22.3 Å². The van der Waals surface area contributed by atoms with Gasteiger partial charge in [0.05, 0.1) is 6.04 Å². The predicted octanol–water partition coefficient (Wildman–Crippen LogP) is 5.47. The van der Waals surface area contributed by atoms with Crippen molar-refractivity contribution in [3.63, 3.8) is 0 Å². The van der Waals surface area contributed by atoms with E-state index in [-0.39, 0.29) is 17.6 Å². The van der Waals surface area contributed by atoms with Crippen molar-refractivity contribution in [1.29, 1.82) is 0 Å². The Morgan fingerprint density at radius 1 is 1.11 bits per heavy atom. The van der Waals surface area contributed by atoms with E-state index in [2.05, 4.69) is 44.0 Å². The van der Waals surface area contributed by atoms with Crippen LogP contribution in [-0.4, -0.2) is 15.1 Å². The normalized spacial score (nSPS) is 18.4. The molecular formula is C24H23NO2. The SMILES string of the molecule is C=C(O)C1=CN2C(=CC1=C)c1cc(C)c(C)cc1CC2c1ccc(O)cc1. The lowest BCUT2D eigenvalue weighted by atomic mass is 9.83. The third kappa shape index (κ3) is 2.85. The van der Waals surface area contributed by atoms with E-state index in [0.717, 1.165) is 23.3 Å². The summed E-state index contributed by atoms with van der Waals surface area (Å²) in [6.07, 6.45) is 4.80. The van der Waals surface area contributed by atoms with Crippen LogP contribution in [0.1, 0.15) is 33.9 Å². The molecule has 3 nitrogen and oxygen atoms in total.